The smallest absolute Gasteiger partial charge is 0.298 e. The lowest BCUT2D eigenvalue weighted by Gasteiger charge is -2.09. The van der Waals surface area contributed by atoms with Crippen molar-refractivity contribution in [2.45, 2.75) is 39.5 Å². The van der Waals surface area contributed by atoms with Gasteiger partial charge in [0.2, 0.25) is 0 Å². The van der Waals surface area contributed by atoms with Crippen LogP contribution >= 0.6 is 11.3 Å². The van der Waals surface area contributed by atoms with Crippen LogP contribution in [0.15, 0.2) is 9.59 Å². The minimum atomic E-state index is -0.411. The van der Waals surface area contributed by atoms with E-state index in [2.05, 4.69) is 9.97 Å². The van der Waals surface area contributed by atoms with Crippen molar-refractivity contribution in [1.29, 1.82) is 0 Å². The third kappa shape index (κ3) is 2.07. The van der Waals surface area contributed by atoms with E-state index in [1.165, 1.54) is 11.3 Å². The molecule has 0 fully saturated rings. The highest BCUT2D eigenvalue weighted by atomic mass is 32.1. The first-order valence-corrected chi connectivity index (χ1v) is 6.84. The molecule has 0 radical (unpaired) electrons. The molecule has 0 saturated heterocycles. The number of aryl methyl sites for hydroxylation is 2. The third-order valence-corrected chi connectivity index (χ3v) is 4.06. The van der Waals surface area contributed by atoms with Crippen molar-refractivity contribution in [3.05, 3.63) is 31.3 Å². The molecular formula is C12H16N2O2S. The minimum Gasteiger partial charge on any atom is -0.298 e. The van der Waals surface area contributed by atoms with E-state index < -0.39 is 5.69 Å². The lowest BCUT2D eigenvalue weighted by Crippen LogP contribution is -2.21. The summed E-state index contributed by atoms with van der Waals surface area (Å²) in [5.74, 6) is 0. The molecule has 17 heavy (non-hydrogen) atoms. The largest absolute Gasteiger partial charge is 0.326 e. The summed E-state index contributed by atoms with van der Waals surface area (Å²) >= 11 is 1.55. The van der Waals surface area contributed by atoms with Crippen molar-refractivity contribution in [3.63, 3.8) is 0 Å². The number of fused-ring (bicyclic) bond motifs is 3. The molecule has 2 aromatic heterocycles. The van der Waals surface area contributed by atoms with Crippen molar-refractivity contribution >= 4 is 21.6 Å². The fourth-order valence-electron chi connectivity index (χ4n) is 2.19. The molecule has 0 unspecified atom stereocenters. The highest BCUT2D eigenvalue weighted by Gasteiger charge is 2.18. The maximum atomic E-state index is 11.7. The summed E-state index contributed by atoms with van der Waals surface area (Å²) < 4.78 is 0. The highest BCUT2D eigenvalue weighted by Crippen LogP contribution is 2.32. The first-order valence-electron chi connectivity index (χ1n) is 6.02. The number of thiophene rings is 1. The molecule has 2 N–H and O–H groups in total. The van der Waals surface area contributed by atoms with Crippen LogP contribution in [0.5, 0.6) is 0 Å². The van der Waals surface area contributed by atoms with Gasteiger partial charge >= 0.3 is 5.69 Å². The summed E-state index contributed by atoms with van der Waals surface area (Å²) in [5.41, 5.74) is 0.498. The minimum absolute atomic E-state index is 0.242. The Hall–Kier alpha value is -1.36. The molecule has 0 bridgehead atoms. The molecule has 5 heteroatoms. The van der Waals surface area contributed by atoms with Gasteiger partial charge in [0.15, 0.2) is 0 Å². The van der Waals surface area contributed by atoms with Gasteiger partial charge in [-0.15, -0.1) is 11.3 Å². The van der Waals surface area contributed by atoms with Crippen LogP contribution in [0, 0.1) is 0 Å². The van der Waals surface area contributed by atoms with Crippen LogP contribution < -0.4 is 11.2 Å². The molecule has 92 valence electrons. The predicted molar refractivity (Wildman–Crippen MR) is 71.1 cm³/mol. The summed E-state index contributed by atoms with van der Waals surface area (Å²) in [7, 11) is 0. The molecular weight excluding hydrogens is 236 g/mol. The summed E-state index contributed by atoms with van der Waals surface area (Å²) in [4.78, 5) is 29.8. The van der Waals surface area contributed by atoms with Crippen molar-refractivity contribution in [3.8, 4) is 0 Å². The Labute approximate surface area is 103 Å². The maximum Gasteiger partial charge on any atom is 0.326 e. The molecule has 1 aliphatic rings. The summed E-state index contributed by atoms with van der Waals surface area (Å²) in [5, 5.41) is 0.703. The Morgan fingerprint density at radius 2 is 1.76 bits per heavy atom. The number of hydrogen-bond donors (Lipinski definition) is 2. The zero-order chi connectivity index (χ0) is 12.4. The van der Waals surface area contributed by atoms with Crippen LogP contribution in [0.2, 0.25) is 0 Å². The number of rotatable bonds is 0. The second-order valence-electron chi connectivity index (χ2n) is 3.82. The van der Waals surface area contributed by atoms with Gasteiger partial charge in [-0.25, -0.2) is 4.79 Å². The van der Waals surface area contributed by atoms with E-state index in [0.717, 1.165) is 29.7 Å². The van der Waals surface area contributed by atoms with Gasteiger partial charge in [0.25, 0.3) is 5.56 Å². The first-order chi connectivity index (χ1) is 8.25. The van der Waals surface area contributed by atoms with Gasteiger partial charge in [-0.3, -0.25) is 14.8 Å². The number of aromatic amines is 2. The zero-order valence-electron chi connectivity index (χ0n) is 10.1. The standard InChI is InChI=1S/C10H10N2O2S.C2H6/c13-8-7-5-3-1-2-4-6(5)15-9(7)12-10(14)11-8;1-2/h1-4H2,(H2,11,12,13,14);1-2H3. The van der Waals surface area contributed by atoms with Crippen LogP contribution in [0.4, 0.5) is 0 Å². The Morgan fingerprint density at radius 3 is 2.53 bits per heavy atom. The normalized spacial score (nSPS) is 14.0. The molecule has 2 heterocycles. The van der Waals surface area contributed by atoms with Crippen molar-refractivity contribution in [2.75, 3.05) is 0 Å². The van der Waals surface area contributed by atoms with Crippen LogP contribution in [-0.4, -0.2) is 9.97 Å². The van der Waals surface area contributed by atoms with Gasteiger partial charge in [-0.05, 0) is 31.2 Å². The summed E-state index contributed by atoms with van der Waals surface area (Å²) in [6.07, 6.45) is 4.32. The fraction of sp³-hybridized carbons (Fsp3) is 0.500. The first kappa shape index (κ1) is 12.1. The number of aromatic nitrogens is 2. The third-order valence-electron chi connectivity index (χ3n) is 2.85. The molecule has 0 amide bonds. The average molecular weight is 252 g/mol. The van der Waals surface area contributed by atoms with Gasteiger partial charge < -0.3 is 0 Å². The molecule has 3 rings (SSSR count). The Morgan fingerprint density at radius 1 is 1.06 bits per heavy atom. The number of H-pyrrole nitrogens is 2. The Kier molecular flexibility index (Phi) is 3.47. The van der Waals surface area contributed by atoms with E-state index in [9.17, 15) is 9.59 Å². The lowest BCUT2D eigenvalue weighted by atomic mass is 9.97. The highest BCUT2D eigenvalue weighted by molar-refractivity contribution is 7.18. The van der Waals surface area contributed by atoms with Gasteiger partial charge in [0.1, 0.15) is 4.83 Å². The van der Waals surface area contributed by atoms with Crippen LogP contribution in [0.1, 0.15) is 37.1 Å². The van der Waals surface area contributed by atoms with E-state index in [1.807, 2.05) is 13.8 Å². The van der Waals surface area contributed by atoms with Gasteiger partial charge in [0.05, 0.1) is 5.39 Å². The van der Waals surface area contributed by atoms with Gasteiger partial charge in [0, 0.05) is 4.88 Å². The molecule has 0 atom stereocenters. The SMILES string of the molecule is CC.O=c1[nH]c(=O)c2c3c(sc2[nH]1)CCCC3. The number of nitrogens with one attached hydrogen (secondary N) is 2. The Bertz CT molecular complexity index is 636. The van der Waals surface area contributed by atoms with Gasteiger partial charge in [-0.2, -0.15) is 0 Å². The summed E-state index contributed by atoms with van der Waals surface area (Å²) in [6.45, 7) is 4.00. The van der Waals surface area contributed by atoms with E-state index in [4.69, 9.17) is 0 Å². The topological polar surface area (TPSA) is 65.7 Å². The monoisotopic (exact) mass is 252 g/mol. The van der Waals surface area contributed by atoms with E-state index in [-0.39, 0.29) is 5.56 Å². The van der Waals surface area contributed by atoms with Crippen LogP contribution in [0.25, 0.3) is 10.2 Å². The zero-order valence-corrected chi connectivity index (χ0v) is 10.9. The molecule has 0 spiro atoms. The van der Waals surface area contributed by atoms with Crippen molar-refractivity contribution in [1.82, 2.24) is 9.97 Å². The van der Waals surface area contributed by atoms with Gasteiger partial charge in [-0.1, -0.05) is 13.8 Å². The van der Waals surface area contributed by atoms with Crippen LogP contribution in [0.3, 0.4) is 0 Å². The summed E-state index contributed by atoms with van der Waals surface area (Å²) in [6, 6.07) is 0. The average Bonchev–Trinajstić information content (AvgIpc) is 2.69. The Balaban J connectivity index is 0.000000514. The molecule has 4 nitrogen and oxygen atoms in total. The fourth-order valence-corrected chi connectivity index (χ4v) is 3.48. The molecule has 0 saturated carbocycles. The van der Waals surface area contributed by atoms with E-state index >= 15 is 0 Å². The lowest BCUT2D eigenvalue weighted by molar-refractivity contribution is 0.700. The second-order valence-corrected chi connectivity index (χ2v) is 4.93. The second kappa shape index (κ2) is 4.87. The number of hydrogen-bond acceptors (Lipinski definition) is 3. The van der Waals surface area contributed by atoms with Crippen LogP contribution in [-0.2, 0) is 12.8 Å². The van der Waals surface area contributed by atoms with E-state index in [0.29, 0.717) is 5.39 Å². The molecule has 2 aromatic rings. The van der Waals surface area contributed by atoms with Crippen molar-refractivity contribution < 1.29 is 0 Å². The molecule has 1 aliphatic carbocycles. The quantitative estimate of drug-likeness (QED) is 0.754. The van der Waals surface area contributed by atoms with Crippen molar-refractivity contribution in [2.24, 2.45) is 0 Å². The van der Waals surface area contributed by atoms with E-state index in [1.54, 1.807) is 11.3 Å². The molecule has 0 aliphatic heterocycles. The predicted octanol–water partition coefficient (Wildman–Crippen LogP) is 2.18. The maximum absolute atomic E-state index is 11.7. The molecule has 0 aromatic carbocycles.